The van der Waals surface area contributed by atoms with Crippen molar-refractivity contribution in [2.24, 2.45) is 5.14 Å². The molecule has 0 amide bonds. The fourth-order valence-corrected chi connectivity index (χ4v) is 3.07. The van der Waals surface area contributed by atoms with Gasteiger partial charge in [-0.25, -0.2) is 9.19 Å². The molecule has 0 spiro atoms. The van der Waals surface area contributed by atoms with E-state index in [1.54, 1.807) is 6.07 Å². The van der Waals surface area contributed by atoms with Crippen LogP contribution in [0.3, 0.4) is 0 Å². The molecular formula is C19H25FN2OS. The molecule has 130 valence electrons. The van der Waals surface area contributed by atoms with E-state index in [-0.39, 0.29) is 11.8 Å². The Balaban J connectivity index is 2.47. The van der Waals surface area contributed by atoms with Crippen molar-refractivity contribution >= 4 is 11.0 Å². The molecule has 0 radical (unpaired) electrons. The Hall–Kier alpha value is -1.59. The van der Waals surface area contributed by atoms with Gasteiger partial charge in [-0.3, -0.25) is 5.14 Å². The van der Waals surface area contributed by atoms with Gasteiger partial charge in [-0.2, -0.15) is 4.39 Å². The van der Waals surface area contributed by atoms with E-state index in [4.69, 9.17) is 5.14 Å². The number of rotatable bonds is 6. The molecule has 2 rings (SSSR count). The molecule has 2 N–H and O–H groups in total. The number of hydrogen-bond acceptors (Lipinski definition) is 2. The summed E-state index contributed by atoms with van der Waals surface area (Å²) in [5, 5.41) is 5.65. The van der Waals surface area contributed by atoms with Crippen molar-refractivity contribution in [1.29, 1.82) is 0 Å². The lowest BCUT2D eigenvalue weighted by Crippen LogP contribution is -2.34. The molecule has 0 saturated heterocycles. The van der Waals surface area contributed by atoms with Crippen LogP contribution >= 0.6 is 0 Å². The lowest BCUT2D eigenvalue weighted by atomic mass is 9.86. The standard InChI is InChI=1S/C19H25FN2OS/c1-13(2)15-10-11-17(22-18(15)20)16(12-19(3,4)24(21)23)14-8-6-5-7-9-14/h5-11,13,16H,12,21H2,1-4H3/t16-,24?/m0/s1. The predicted molar refractivity (Wildman–Crippen MR) is 97.6 cm³/mol. The molecule has 1 unspecified atom stereocenters. The number of benzene rings is 1. The third-order valence-electron chi connectivity index (χ3n) is 4.32. The largest absolute Gasteiger partial charge is 0.251 e. The summed E-state index contributed by atoms with van der Waals surface area (Å²) in [4.78, 5) is 4.21. The average molecular weight is 348 g/mol. The SMILES string of the molecule is CC(C)c1ccc([C@@H](CC(C)(C)S(N)=O)c2ccccc2)nc1F. The number of halogens is 1. The molecule has 2 atom stereocenters. The summed E-state index contributed by atoms with van der Waals surface area (Å²) in [6, 6.07) is 13.4. The lowest BCUT2D eigenvalue weighted by Gasteiger charge is -2.27. The fraction of sp³-hybridized carbons (Fsp3) is 0.421. The van der Waals surface area contributed by atoms with Gasteiger partial charge in [0.1, 0.15) is 0 Å². The molecule has 5 heteroatoms. The van der Waals surface area contributed by atoms with Gasteiger partial charge in [0.25, 0.3) is 0 Å². The van der Waals surface area contributed by atoms with E-state index in [1.807, 2.05) is 64.1 Å². The number of nitrogens with two attached hydrogens (primary N) is 1. The summed E-state index contributed by atoms with van der Waals surface area (Å²) < 4.78 is 25.6. The first-order chi connectivity index (χ1) is 11.2. The zero-order chi connectivity index (χ0) is 17.9. The molecule has 0 aliphatic heterocycles. The van der Waals surface area contributed by atoms with Crippen LogP contribution in [0, 0.1) is 5.95 Å². The molecule has 1 aromatic heterocycles. The van der Waals surface area contributed by atoms with E-state index < -0.39 is 21.7 Å². The van der Waals surface area contributed by atoms with Crippen molar-refractivity contribution in [3.05, 3.63) is 65.2 Å². The smallest absolute Gasteiger partial charge is 0.216 e. The number of pyridine rings is 1. The second-order valence-corrected chi connectivity index (χ2v) is 8.70. The molecule has 0 fully saturated rings. The average Bonchev–Trinajstić information content (AvgIpc) is 2.53. The van der Waals surface area contributed by atoms with Crippen LogP contribution in [-0.2, 0) is 11.0 Å². The maximum Gasteiger partial charge on any atom is 0.216 e. The number of nitrogens with zero attached hydrogens (tertiary/aromatic N) is 1. The van der Waals surface area contributed by atoms with Crippen LogP contribution in [-0.4, -0.2) is 13.9 Å². The van der Waals surface area contributed by atoms with Gasteiger partial charge < -0.3 is 0 Å². The molecule has 24 heavy (non-hydrogen) atoms. The zero-order valence-electron chi connectivity index (χ0n) is 14.6. The van der Waals surface area contributed by atoms with Crippen LogP contribution in [0.4, 0.5) is 4.39 Å². The Bertz CT molecular complexity index is 717. The topological polar surface area (TPSA) is 56.0 Å². The quantitative estimate of drug-likeness (QED) is 0.793. The van der Waals surface area contributed by atoms with E-state index >= 15 is 0 Å². The number of hydrogen-bond donors (Lipinski definition) is 1. The molecule has 1 heterocycles. The minimum Gasteiger partial charge on any atom is -0.251 e. The summed E-state index contributed by atoms with van der Waals surface area (Å²) >= 11 is 0. The van der Waals surface area contributed by atoms with Gasteiger partial charge >= 0.3 is 0 Å². The highest BCUT2D eigenvalue weighted by atomic mass is 32.2. The third kappa shape index (κ3) is 4.28. The van der Waals surface area contributed by atoms with Crippen LogP contribution in [0.15, 0.2) is 42.5 Å². The van der Waals surface area contributed by atoms with Crippen molar-refractivity contribution in [1.82, 2.24) is 4.98 Å². The van der Waals surface area contributed by atoms with Crippen molar-refractivity contribution in [2.45, 2.75) is 50.7 Å². The maximum absolute atomic E-state index is 14.4. The van der Waals surface area contributed by atoms with Crippen molar-refractivity contribution < 1.29 is 8.60 Å². The minimum atomic E-state index is -1.48. The van der Waals surface area contributed by atoms with Crippen molar-refractivity contribution in [3.63, 3.8) is 0 Å². The maximum atomic E-state index is 14.4. The van der Waals surface area contributed by atoms with Gasteiger partial charge in [0, 0.05) is 11.5 Å². The molecule has 0 bridgehead atoms. The molecular weight excluding hydrogens is 323 g/mol. The zero-order valence-corrected chi connectivity index (χ0v) is 15.4. The highest BCUT2D eigenvalue weighted by Crippen LogP contribution is 2.34. The molecule has 2 aromatic rings. The van der Waals surface area contributed by atoms with Gasteiger partial charge in [0.2, 0.25) is 5.95 Å². The predicted octanol–water partition coefficient (Wildman–Crippen LogP) is 4.27. The second-order valence-electron chi connectivity index (χ2n) is 7.00. The monoisotopic (exact) mass is 348 g/mol. The lowest BCUT2D eigenvalue weighted by molar-refractivity contribution is 0.521. The van der Waals surface area contributed by atoms with E-state index in [1.165, 1.54) is 0 Å². The second kappa shape index (κ2) is 7.53. The molecule has 0 aliphatic rings. The van der Waals surface area contributed by atoms with Crippen LogP contribution in [0.25, 0.3) is 0 Å². The van der Waals surface area contributed by atoms with E-state index in [2.05, 4.69) is 4.98 Å². The summed E-state index contributed by atoms with van der Waals surface area (Å²) in [5.41, 5.74) is 2.26. The summed E-state index contributed by atoms with van der Waals surface area (Å²) in [5.74, 6) is -0.519. The molecule has 0 aliphatic carbocycles. The van der Waals surface area contributed by atoms with Gasteiger partial charge in [-0.1, -0.05) is 50.2 Å². The Labute approximate surface area is 146 Å². The van der Waals surface area contributed by atoms with Gasteiger partial charge in [0.15, 0.2) is 0 Å². The Kier molecular flexibility index (Phi) is 5.88. The summed E-state index contributed by atoms with van der Waals surface area (Å²) in [7, 11) is -1.48. The summed E-state index contributed by atoms with van der Waals surface area (Å²) in [6.07, 6.45) is 0.521. The van der Waals surface area contributed by atoms with Crippen LogP contribution < -0.4 is 5.14 Å². The Morgan fingerprint density at radius 1 is 1.17 bits per heavy atom. The summed E-state index contributed by atoms with van der Waals surface area (Å²) in [6.45, 7) is 7.60. The molecule has 3 nitrogen and oxygen atoms in total. The van der Waals surface area contributed by atoms with Gasteiger partial charge in [-0.15, -0.1) is 0 Å². The third-order valence-corrected chi connectivity index (χ3v) is 5.58. The van der Waals surface area contributed by atoms with Crippen molar-refractivity contribution in [3.8, 4) is 0 Å². The van der Waals surface area contributed by atoms with E-state index in [0.29, 0.717) is 17.7 Å². The first-order valence-corrected chi connectivity index (χ1v) is 9.31. The fourth-order valence-electron chi connectivity index (χ4n) is 2.74. The number of aromatic nitrogens is 1. The van der Waals surface area contributed by atoms with Crippen LogP contribution in [0.1, 0.15) is 62.8 Å². The Morgan fingerprint density at radius 2 is 1.79 bits per heavy atom. The first-order valence-electron chi connectivity index (χ1n) is 8.10. The normalized spacial score (nSPS) is 14.6. The van der Waals surface area contributed by atoms with Crippen LogP contribution in [0.2, 0.25) is 0 Å². The van der Waals surface area contributed by atoms with Gasteiger partial charge in [-0.05, 0) is 37.8 Å². The first kappa shape index (κ1) is 18.7. The minimum absolute atomic E-state index is 0.0784. The highest BCUT2D eigenvalue weighted by Gasteiger charge is 2.30. The molecule has 0 saturated carbocycles. The van der Waals surface area contributed by atoms with Crippen molar-refractivity contribution in [2.75, 3.05) is 0 Å². The van der Waals surface area contributed by atoms with Gasteiger partial charge in [0.05, 0.1) is 21.4 Å². The van der Waals surface area contributed by atoms with Crippen LogP contribution in [0.5, 0.6) is 0 Å². The highest BCUT2D eigenvalue weighted by molar-refractivity contribution is 7.84. The molecule has 1 aromatic carbocycles. The Morgan fingerprint density at radius 3 is 2.29 bits per heavy atom. The van der Waals surface area contributed by atoms with E-state index in [9.17, 15) is 8.60 Å². The van der Waals surface area contributed by atoms with E-state index in [0.717, 1.165) is 5.56 Å².